The predicted molar refractivity (Wildman–Crippen MR) is 145 cm³/mol. The molecule has 8 heteroatoms. The molecule has 1 unspecified atom stereocenters. The number of benzene rings is 1. The number of allylic oxidation sites excluding steroid dienone is 1. The van der Waals surface area contributed by atoms with Crippen LogP contribution in [0.25, 0.3) is 0 Å². The molecule has 33 heavy (non-hydrogen) atoms. The summed E-state index contributed by atoms with van der Waals surface area (Å²) in [4.78, 5) is 13.5. The zero-order valence-corrected chi connectivity index (χ0v) is 21.5. The molecule has 2 heterocycles. The van der Waals surface area contributed by atoms with Crippen molar-refractivity contribution in [2.45, 2.75) is 64.3 Å². The lowest BCUT2D eigenvalue weighted by Crippen LogP contribution is -2.38. The van der Waals surface area contributed by atoms with E-state index >= 15 is 0 Å². The first-order chi connectivity index (χ1) is 16.0. The van der Waals surface area contributed by atoms with Crippen molar-refractivity contribution in [3.63, 3.8) is 0 Å². The van der Waals surface area contributed by atoms with Crippen LogP contribution in [0.4, 0.5) is 5.69 Å². The molecule has 3 rings (SSSR count). The van der Waals surface area contributed by atoms with Crippen molar-refractivity contribution < 1.29 is 0 Å². The average Bonchev–Trinajstić information content (AvgIpc) is 3.15. The highest BCUT2D eigenvalue weighted by atomic mass is 35.5. The Bertz CT molecular complexity index is 868. The van der Waals surface area contributed by atoms with Gasteiger partial charge in [0.2, 0.25) is 5.96 Å². The molecule has 1 aromatic rings. The maximum absolute atomic E-state index is 6.08. The second-order valence-electron chi connectivity index (χ2n) is 8.90. The number of aliphatic imine (C=N–C) groups is 2. The van der Waals surface area contributed by atoms with E-state index in [1.54, 1.807) is 0 Å². The number of thiocarbonyl (C=S) groups is 1. The Morgan fingerprint density at radius 2 is 1.97 bits per heavy atom. The number of nitrogens with one attached hydrogen (secondary N) is 2. The van der Waals surface area contributed by atoms with Crippen molar-refractivity contribution in [1.29, 1.82) is 0 Å². The van der Waals surface area contributed by atoms with Crippen LogP contribution in [0.1, 0.15) is 58.3 Å². The molecule has 1 atom stereocenters. The van der Waals surface area contributed by atoms with Gasteiger partial charge < -0.3 is 15.5 Å². The molecule has 1 fully saturated rings. The van der Waals surface area contributed by atoms with Crippen molar-refractivity contribution in [2.75, 3.05) is 32.0 Å². The molecule has 0 saturated carbocycles. The van der Waals surface area contributed by atoms with E-state index in [4.69, 9.17) is 28.8 Å². The van der Waals surface area contributed by atoms with Crippen LogP contribution in [0.15, 0.2) is 46.1 Å². The third-order valence-corrected chi connectivity index (χ3v) is 6.31. The molecule has 2 aliphatic heterocycles. The Hall–Kier alpha value is -2.12. The van der Waals surface area contributed by atoms with E-state index in [1.807, 2.05) is 35.4 Å². The molecule has 0 amide bonds. The fourth-order valence-electron chi connectivity index (χ4n) is 4.01. The van der Waals surface area contributed by atoms with E-state index < -0.39 is 0 Å². The number of hydrogen-bond acceptors (Lipinski definition) is 4. The van der Waals surface area contributed by atoms with Crippen molar-refractivity contribution in [1.82, 2.24) is 15.1 Å². The van der Waals surface area contributed by atoms with Gasteiger partial charge in [-0.05, 0) is 56.6 Å². The van der Waals surface area contributed by atoms with Crippen LogP contribution in [0, 0.1) is 0 Å². The lowest BCUT2D eigenvalue weighted by molar-refractivity contribution is 0.508. The highest BCUT2D eigenvalue weighted by molar-refractivity contribution is 7.80. The summed E-state index contributed by atoms with van der Waals surface area (Å²) in [6.45, 7) is 4.70. The molecule has 0 radical (unpaired) electrons. The Balaban J connectivity index is 1.29. The van der Waals surface area contributed by atoms with Gasteiger partial charge in [-0.25, -0.2) is 0 Å². The molecule has 1 saturated heterocycles. The summed E-state index contributed by atoms with van der Waals surface area (Å²) in [5.74, 6) is 0.868. The molecule has 0 bridgehead atoms. The number of anilines is 1. The minimum Gasteiger partial charge on any atom is -0.374 e. The van der Waals surface area contributed by atoms with Crippen LogP contribution in [0.2, 0.25) is 5.02 Å². The predicted octanol–water partition coefficient (Wildman–Crippen LogP) is 5.66. The molecule has 0 aromatic heterocycles. The van der Waals surface area contributed by atoms with Crippen LogP contribution in [0.5, 0.6) is 0 Å². The van der Waals surface area contributed by atoms with E-state index in [1.165, 1.54) is 44.2 Å². The highest BCUT2D eigenvalue weighted by Gasteiger charge is 2.26. The maximum atomic E-state index is 6.08. The Morgan fingerprint density at radius 1 is 1.21 bits per heavy atom. The number of unbranched alkanes of at least 4 members (excludes halogenated alkanes) is 6. The molecule has 1 aromatic carbocycles. The second-order valence-corrected chi connectivity index (χ2v) is 9.72. The van der Waals surface area contributed by atoms with Crippen LogP contribution in [0.3, 0.4) is 0 Å². The lowest BCUT2D eigenvalue weighted by atomic mass is 10.1. The minimum absolute atomic E-state index is 0.318. The summed E-state index contributed by atoms with van der Waals surface area (Å²) in [7, 11) is 2.10. The van der Waals surface area contributed by atoms with E-state index in [0.717, 1.165) is 44.1 Å². The summed E-state index contributed by atoms with van der Waals surface area (Å²) in [6, 6.07) is 7.91. The van der Waals surface area contributed by atoms with Crippen molar-refractivity contribution >= 4 is 46.8 Å². The molecule has 0 spiro atoms. The number of halogens is 1. The zero-order chi connectivity index (χ0) is 23.5. The van der Waals surface area contributed by atoms with Gasteiger partial charge in [0.25, 0.3) is 0 Å². The van der Waals surface area contributed by atoms with E-state index in [0.29, 0.717) is 16.2 Å². The standard InChI is InChI=1S/C25H37ClN6S/c1-20-18-32(25(33)30-22-13-10-11-21(26)17-22)24(29-20)28-14-9-7-5-3-4-6-8-12-23-19-31(2)16-15-27-23/h10-11,13,15,17,19-20H,3-9,12,14,16,18H2,1-2H3,(H,28,29)(H,30,33). The third-order valence-electron chi connectivity index (χ3n) is 5.76. The third kappa shape index (κ3) is 8.97. The van der Waals surface area contributed by atoms with E-state index in [2.05, 4.69) is 40.7 Å². The summed E-state index contributed by atoms with van der Waals surface area (Å²) >= 11 is 11.7. The monoisotopic (exact) mass is 488 g/mol. The average molecular weight is 489 g/mol. The molecule has 6 nitrogen and oxygen atoms in total. The van der Waals surface area contributed by atoms with E-state index in [-0.39, 0.29) is 0 Å². The molecule has 180 valence electrons. The lowest BCUT2D eigenvalue weighted by Gasteiger charge is -2.20. The Kier molecular flexibility index (Phi) is 10.5. The van der Waals surface area contributed by atoms with Crippen molar-refractivity contribution in [3.05, 3.63) is 41.2 Å². The van der Waals surface area contributed by atoms with Gasteiger partial charge >= 0.3 is 0 Å². The zero-order valence-electron chi connectivity index (χ0n) is 19.9. The number of guanidine groups is 1. The SMILES string of the molecule is CC1CN(C(=S)Nc2cccc(Cl)c2)C(=NCCCCCCCCCC2=CN(C)CC=N2)N1. The largest absolute Gasteiger partial charge is 0.374 e. The molecular formula is C25H37ClN6S. The smallest absolute Gasteiger partial charge is 0.200 e. The van der Waals surface area contributed by atoms with Gasteiger partial charge in [-0.3, -0.25) is 14.9 Å². The number of nitrogens with zero attached hydrogens (tertiary/aromatic N) is 4. The molecule has 2 aliphatic rings. The summed E-state index contributed by atoms with van der Waals surface area (Å²) in [5.41, 5.74) is 2.11. The van der Waals surface area contributed by atoms with Crippen LogP contribution < -0.4 is 10.6 Å². The van der Waals surface area contributed by atoms with Gasteiger partial charge in [0.05, 0.1) is 12.2 Å². The first-order valence-corrected chi connectivity index (χ1v) is 12.9. The summed E-state index contributed by atoms with van der Waals surface area (Å²) < 4.78 is 0. The van der Waals surface area contributed by atoms with Gasteiger partial charge in [0.1, 0.15) is 0 Å². The van der Waals surface area contributed by atoms with Crippen molar-refractivity contribution in [2.24, 2.45) is 9.98 Å². The summed E-state index contributed by atoms with van der Waals surface area (Å²) in [5, 5.41) is 8.05. The number of rotatable bonds is 11. The first kappa shape index (κ1) is 25.5. The highest BCUT2D eigenvalue weighted by Crippen LogP contribution is 2.17. The van der Waals surface area contributed by atoms with Crippen molar-refractivity contribution in [3.8, 4) is 0 Å². The molecule has 0 aliphatic carbocycles. The summed E-state index contributed by atoms with van der Waals surface area (Å²) in [6.07, 6.45) is 14.0. The normalized spacial score (nSPS) is 19.1. The fourth-order valence-corrected chi connectivity index (χ4v) is 4.48. The van der Waals surface area contributed by atoms with Gasteiger partial charge in [-0.2, -0.15) is 0 Å². The minimum atomic E-state index is 0.318. The second kappa shape index (κ2) is 13.6. The van der Waals surface area contributed by atoms with E-state index in [9.17, 15) is 0 Å². The Labute approximate surface area is 209 Å². The number of hydrogen-bond donors (Lipinski definition) is 2. The molecular weight excluding hydrogens is 452 g/mol. The quantitative estimate of drug-likeness (QED) is 0.310. The van der Waals surface area contributed by atoms with Gasteiger partial charge in [0, 0.05) is 49.3 Å². The topological polar surface area (TPSA) is 55.3 Å². The Morgan fingerprint density at radius 3 is 2.73 bits per heavy atom. The van der Waals surface area contributed by atoms with Crippen LogP contribution in [-0.4, -0.2) is 59.8 Å². The fraction of sp³-hybridized carbons (Fsp3) is 0.560. The van der Waals surface area contributed by atoms with Gasteiger partial charge in [-0.1, -0.05) is 49.8 Å². The van der Waals surface area contributed by atoms with Gasteiger partial charge in [0.15, 0.2) is 5.11 Å². The maximum Gasteiger partial charge on any atom is 0.200 e. The van der Waals surface area contributed by atoms with Crippen LogP contribution in [-0.2, 0) is 0 Å². The van der Waals surface area contributed by atoms with Gasteiger partial charge in [-0.15, -0.1) is 0 Å². The first-order valence-electron chi connectivity index (χ1n) is 12.1. The van der Waals surface area contributed by atoms with Crippen LogP contribution >= 0.6 is 23.8 Å². The molecule has 2 N–H and O–H groups in total.